The van der Waals surface area contributed by atoms with Crippen LogP contribution in [0.15, 0.2) is 29.2 Å². The maximum atomic E-state index is 12.1. The molecule has 0 heterocycles. The fourth-order valence-corrected chi connectivity index (χ4v) is 2.80. The smallest absolute Gasteiger partial charge is 0.321 e. The van der Waals surface area contributed by atoms with Crippen LogP contribution in [0.2, 0.25) is 0 Å². The Hall–Kier alpha value is -2.46. The summed E-state index contributed by atoms with van der Waals surface area (Å²) in [6.45, 7) is 7.64. The number of carbonyl (C=O) groups is 3. The zero-order valence-electron chi connectivity index (χ0n) is 16.0. The van der Waals surface area contributed by atoms with Gasteiger partial charge >= 0.3 is 12.0 Å². The van der Waals surface area contributed by atoms with E-state index in [-0.39, 0.29) is 4.90 Å². The van der Waals surface area contributed by atoms with Gasteiger partial charge in [-0.25, -0.2) is 13.2 Å². The van der Waals surface area contributed by atoms with E-state index in [0.717, 1.165) is 5.56 Å². The first-order valence-corrected chi connectivity index (χ1v) is 9.67. The van der Waals surface area contributed by atoms with E-state index in [2.05, 4.69) is 10.0 Å². The van der Waals surface area contributed by atoms with Crippen molar-refractivity contribution in [1.82, 2.24) is 15.4 Å². The van der Waals surface area contributed by atoms with Crippen LogP contribution in [0.3, 0.4) is 0 Å². The van der Waals surface area contributed by atoms with Gasteiger partial charge in [0.05, 0.1) is 4.90 Å². The average Bonchev–Trinajstić information content (AvgIpc) is 2.51. The molecule has 3 N–H and O–H groups in total. The van der Waals surface area contributed by atoms with Crippen molar-refractivity contribution in [2.75, 3.05) is 6.54 Å². The van der Waals surface area contributed by atoms with Gasteiger partial charge in [-0.15, -0.1) is 0 Å². The number of ether oxygens (including phenoxy) is 1. The molecule has 9 nitrogen and oxygen atoms in total. The topological polar surface area (TPSA) is 131 Å². The molecule has 27 heavy (non-hydrogen) atoms. The molecular formula is C17H25N3O6S. The van der Waals surface area contributed by atoms with Crippen LogP contribution in [-0.2, 0) is 24.3 Å². The zero-order chi connectivity index (χ0) is 20.8. The summed E-state index contributed by atoms with van der Waals surface area (Å²) in [7, 11) is -3.88. The van der Waals surface area contributed by atoms with Crippen LogP contribution in [0, 0.1) is 6.92 Å². The van der Waals surface area contributed by atoms with E-state index in [0.29, 0.717) is 0 Å². The Balaban J connectivity index is 2.52. The Kier molecular flexibility index (Phi) is 7.49. The largest absolute Gasteiger partial charge is 0.452 e. The first kappa shape index (κ1) is 22.6. The summed E-state index contributed by atoms with van der Waals surface area (Å²) in [5.41, 5.74) is 0.349. The number of hydrogen-bond acceptors (Lipinski definition) is 6. The van der Waals surface area contributed by atoms with Gasteiger partial charge in [0.2, 0.25) is 10.0 Å². The van der Waals surface area contributed by atoms with Crippen molar-refractivity contribution in [3.05, 3.63) is 29.8 Å². The third-order valence-electron chi connectivity index (χ3n) is 3.14. The molecule has 0 saturated heterocycles. The van der Waals surface area contributed by atoms with Crippen molar-refractivity contribution in [3.8, 4) is 0 Å². The maximum Gasteiger partial charge on any atom is 0.321 e. The minimum atomic E-state index is -3.88. The van der Waals surface area contributed by atoms with Gasteiger partial charge < -0.3 is 10.1 Å². The molecule has 0 aliphatic carbocycles. The highest BCUT2D eigenvalue weighted by molar-refractivity contribution is 7.89. The van der Waals surface area contributed by atoms with Crippen LogP contribution >= 0.6 is 0 Å². The van der Waals surface area contributed by atoms with Crippen molar-refractivity contribution < 1.29 is 27.5 Å². The van der Waals surface area contributed by atoms with E-state index in [4.69, 9.17) is 4.74 Å². The predicted octanol–water partition coefficient (Wildman–Crippen LogP) is 0.829. The minimum absolute atomic E-state index is 0.00513. The van der Waals surface area contributed by atoms with E-state index in [1.54, 1.807) is 32.9 Å². The Labute approximate surface area is 158 Å². The average molecular weight is 399 g/mol. The number of rotatable bonds is 6. The highest BCUT2D eigenvalue weighted by atomic mass is 32.2. The third kappa shape index (κ3) is 8.18. The maximum absolute atomic E-state index is 12.1. The molecule has 1 aromatic rings. The van der Waals surface area contributed by atoms with E-state index >= 15 is 0 Å². The van der Waals surface area contributed by atoms with Gasteiger partial charge in [-0.05, 0) is 46.8 Å². The van der Waals surface area contributed by atoms with Crippen LogP contribution < -0.4 is 15.4 Å². The van der Waals surface area contributed by atoms with Gasteiger partial charge in [-0.1, -0.05) is 17.7 Å². The van der Waals surface area contributed by atoms with Crippen LogP contribution in [-0.4, -0.2) is 44.5 Å². The highest BCUT2D eigenvalue weighted by Crippen LogP contribution is 2.09. The molecule has 0 aliphatic rings. The van der Waals surface area contributed by atoms with E-state index in [9.17, 15) is 22.8 Å². The molecule has 0 aromatic heterocycles. The standard InChI is InChI=1S/C17H25N3O6S/c1-11-6-8-13(9-7-11)27(24,25)18-10-14(21)26-12(2)15(22)19-16(23)20-17(3,4)5/h6-9,12,18H,10H2,1-5H3,(H2,19,20,22,23)/t12-/m0/s1. The van der Waals surface area contributed by atoms with Crippen LogP contribution in [0.25, 0.3) is 0 Å². The molecule has 0 saturated carbocycles. The van der Waals surface area contributed by atoms with E-state index in [1.165, 1.54) is 19.1 Å². The SMILES string of the molecule is Cc1ccc(S(=O)(=O)NCC(=O)O[C@@H](C)C(=O)NC(=O)NC(C)(C)C)cc1. The number of nitrogens with one attached hydrogen (secondary N) is 3. The van der Waals surface area contributed by atoms with Crippen molar-refractivity contribution in [2.24, 2.45) is 0 Å². The Bertz CT molecular complexity index is 797. The van der Waals surface area contributed by atoms with Gasteiger partial charge in [0.25, 0.3) is 5.91 Å². The lowest BCUT2D eigenvalue weighted by Gasteiger charge is -2.21. The summed E-state index contributed by atoms with van der Waals surface area (Å²) >= 11 is 0. The number of sulfonamides is 1. The minimum Gasteiger partial charge on any atom is -0.452 e. The van der Waals surface area contributed by atoms with Crippen molar-refractivity contribution >= 4 is 27.9 Å². The summed E-state index contributed by atoms with van der Waals surface area (Å²) in [4.78, 5) is 35.2. The Morgan fingerprint density at radius 3 is 2.19 bits per heavy atom. The normalized spacial score (nSPS) is 12.8. The first-order valence-electron chi connectivity index (χ1n) is 8.19. The number of urea groups is 1. The van der Waals surface area contributed by atoms with Crippen molar-refractivity contribution in [1.29, 1.82) is 0 Å². The highest BCUT2D eigenvalue weighted by Gasteiger charge is 2.23. The molecule has 1 rings (SSSR count). The summed E-state index contributed by atoms with van der Waals surface area (Å²) in [5.74, 6) is -1.78. The number of carbonyl (C=O) groups excluding carboxylic acids is 3. The molecule has 0 bridgehead atoms. The molecule has 0 unspecified atom stereocenters. The lowest BCUT2D eigenvalue weighted by molar-refractivity contribution is -0.153. The van der Waals surface area contributed by atoms with Gasteiger partial charge in [0.1, 0.15) is 6.54 Å². The lowest BCUT2D eigenvalue weighted by Crippen LogP contribution is -2.50. The third-order valence-corrected chi connectivity index (χ3v) is 4.56. The van der Waals surface area contributed by atoms with Crippen LogP contribution in [0.4, 0.5) is 4.79 Å². The second kappa shape index (κ2) is 8.96. The summed E-state index contributed by atoms with van der Waals surface area (Å²) < 4.78 is 31.1. The van der Waals surface area contributed by atoms with Gasteiger partial charge in [-0.3, -0.25) is 14.9 Å². The Morgan fingerprint density at radius 2 is 1.67 bits per heavy atom. The van der Waals surface area contributed by atoms with Crippen molar-refractivity contribution in [2.45, 2.75) is 51.2 Å². The number of benzene rings is 1. The van der Waals surface area contributed by atoms with Gasteiger partial charge in [0, 0.05) is 5.54 Å². The molecule has 0 aliphatic heterocycles. The molecule has 3 amide bonds. The molecule has 0 radical (unpaired) electrons. The summed E-state index contributed by atoms with van der Waals surface area (Å²) in [6, 6.07) is 5.35. The number of amides is 3. The fourth-order valence-electron chi connectivity index (χ4n) is 1.83. The predicted molar refractivity (Wildman–Crippen MR) is 98.3 cm³/mol. The number of hydrogen-bond donors (Lipinski definition) is 3. The molecule has 150 valence electrons. The lowest BCUT2D eigenvalue weighted by atomic mass is 10.1. The summed E-state index contributed by atoms with van der Waals surface area (Å²) in [5, 5.41) is 4.56. The molecule has 0 spiro atoms. The first-order chi connectivity index (χ1) is 12.3. The quantitative estimate of drug-likeness (QED) is 0.607. The number of aryl methyl sites for hydroxylation is 1. The number of imide groups is 1. The molecule has 0 fully saturated rings. The van der Waals surface area contributed by atoms with E-state index in [1.807, 2.05) is 12.2 Å². The molecule has 1 aromatic carbocycles. The molecular weight excluding hydrogens is 374 g/mol. The molecule has 1 atom stereocenters. The molecule has 10 heteroatoms. The summed E-state index contributed by atoms with van der Waals surface area (Å²) in [6.07, 6.45) is -1.27. The van der Waals surface area contributed by atoms with Crippen LogP contribution in [0.5, 0.6) is 0 Å². The number of esters is 1. The second-order valence-electron chi connectivity index (χ2n) is 6.96. The van der Waals surface area contributed by atoms with Crippen molar-refractivity contribution in [3.63, 3.8) is 0 Å². The van der Waals surface area contributed by atoms with Gasteiger partial charge in [-0.2, -0.15) is 4.72 Å². The van der Waals surface area contributed by atoms with Crippen LogP contribution in [0.1, 0.15) is 33.3 Å². The van der Waals surface area contributed by atoms with Gasteiger partial charge in [0.15, 0.2) is 6.10 Å². The monoisotopic (exact) mass is 399 g/mol. The zero-order valence-corrected chi connectivity index (χ0v) is 16.8. The Morgan fingerprint density at radius 1 is 1.11 bits per heavy atom. The van der Waals surface area contributed by atoms with E-state index < -0.39 is 46.1 Å². The fraction of sp³-hybridized carbons (Fsp3) is 0.471. The second-order valence-corrected chi connectivity index (χ2v) is 8.73.